The van der Waals surface area contributed by atoms with Gasteiger partial charge in [0.15, 0.2) is 11.5 Å². The molecule has 3 rings (SSSR count). The van der Waals surface area contributed by atoms with Crippen LogP contribution in [0.25, 0.3) is 0 Å². The molecule has 1 aliphatic heterocycles. The second-order valence-corrected chi connectivity index (χ2v) is 6.77. The van der Waals surface area contributed by atoms with Crippen molar-refractivity contribution in [2.45, 2.75) is 5.75 Å². The Balaban J connectivity index is 1.52. The number of ether oxygens (including phenoxy) is 3. The monoisotopic (exact) mass is 379 g/mol. The van der Waals surface area contributed by atoms with Crippen molar-refractivity contribution < 1.29 is 19.0 Å². The van der Waals surface area contributed by atoms with Crippen LogP contribution in [-0.2, 0) is 10.5 Å². The largest absolute Gasteiger partial charge is 0.497 e. The molecule has 0 bridgehead atoms. The predicted molar refractivity (Wildman–Crippen MR) is 100 cm³/mol. The second-order valence-electron chi connectivity index (χ2n) is 5.37. The van der Waals surface area contributed by atoms with Gasteiger partial charge in [0.05, 0.1) is 17.9 Å². The van der Waals surface area contributed by atoms with E-state index in [1.165, 1.54) is 11.8 Å². The zero-order valence-electron chi connectivity index (χ0n) is 13.7. The van der Waals surface area contributed by atoms with Crippen molar-refractivity contribution in [3.05, 3.63) is 47.0 Å². The topological polar surface area (TPSA) is 56.8 Å². The summed E-state index contributed by atoms with van der Waals surface area (Å²) in [5.74, 6) is 2.89. The van der Waals surface area contributed by atoms with Gasteiger partial charge in [-0.25, -0.2) is 0 Å². The lowest BCUT2D eigenvalue weighted by Crippen LogP contribution is -2.16. The minimum Gasteiger partial charge on any atom is -0.497 e. The van der Waals surface area contributed by atoms with Gasteiger partial charge in [0.1, 0.15) is 19.0 Å². The van der Waals surface area contributed by atoms with E-state index in [-0.39, 0.29) is 5.91 Å². The third-order valence-electron chi connectivity index (χ3n) is 3.51. The SMILES string of the molecule is COc1cccc(NC(=O)CSCc2cc(Cl)c3c(c2)OCCO3)c1. The number of carbonyl (C=O) groups excluding carboxylic acids is 1. The highest BCUT2D eigenvalue weighted by molar-refractivity contribution is 7.99. The van der Waals surface area contributed by atoms with Gasteiger partial charge < -0.3 is 19.5 Å². The van der Waals surface area contributed by atoms with E-state index in [4.69, 9.17) is 25.8 Å². The number of hydrogen-bond acceptors (Lipinski definition) is 5. The van der Waals surface area contributed by atoms with Gasteiger partial charge in [0, 0.05) is 17.5 Å². The van der Waals surface area contributed by atoms with Crippen LogP contribution in [0.4, 0.5) is 5.69 Å². The number of amides is 1. The minimum atomic E-state index is -0.0677. The molecule has 0 atom stereocenters. The van der Waals surface area contributed by atoms with Crippen LogP contribution in [0.5, 0.6) is 17.2 Å². The van der Waals surface area contributed by atoms with Crippen molar-refractivity contribution in [2.24, 2.45) is 0 Å². The van der Waals surface area contributed by atoms with E-state index in [1.54, 1.807) is 13.2 Å². The van der Waals surface area contributed by atoms with Crippen molar-refractivity contribution in [1.29, 1.82) is 0 Å². The Morgan fingerprint density at radius 2 is 2.12 bits per heavy atom. The van der Waals surface area contributed by atoms with E-state index in [1.807, 2.05) is 30.3 Å². The van der Waals surface area contributed by atoms with Gasteiger partial charge in [-0.2, -0.15) is 0 Å². The van der Waals surface area contributed by atoms with Gasteiger partial charge >= 0.3 is 0 Å². The molecule has 5 nitrogen and oxygen atoms in total. The van der Waals surface area contributed by atoms with Crippen LogP contribution in [0.3, 0.4) is 0 Å². The summed E-state index contributed by atoms with van der Waals surface area (Å²) in [6.45, 7) is 1.02. The molecule has 0 aromatic heterocycles. The minimum absolute atomic E-state index is 0.0677. The van der Waals surface area contributed by atoms with Gasteiger partial charge in [0.25, 0.3) is 0 Å². The van der Waals surface area contributed by atoms with Gasteiger partial charge in [-0.3, -0.25) is 4.79 Å². The van der Waals surface area contributed by atoms with Crippen molar-refractivity contribution in [3.8, 4) is 17.2 Å². The smallest absolute Gasteiger partial charge is 0.234 e. The van der Waals surface area contributed by atoms with Crippen LogP contribution in [-0.4, -0.2) is 32.0 Å². The number of methoxy groups -OCH3 is 1. The summed E-state index contributed by atoms with van der Waals surface area (Å²) in [5.41, 5.74) is 1.71. The highest BCUT2D eigenvalue weighted by Gasteiger charge is 2.16. The Bertz CT molecular complexity index is 769. The molecular weight excluding hydrogens is 362 g/mol. The van der Waals surface area contributed by atoms with Gasteiger partial charge in [-0.1, -0.05) is 17.7 Å². The molecule has 1 heterocycles. The molecule has 1 aliphatic rings. The first-order valence-corrected chi connectivity index (χ1v) is 9.28. The normalized spacial score (nSPS) is 12.6. The maximum Gasteiger partial charge on any atom is 0.234 e. The number of rotatable bonds is 6. The Hall–Kier alpha value is -2.05. The Labute approximate surface area is 155 Å². The highest BCUT2D eigenvalue weighted by Crippen LogP contribution is 2.39. The number of carbonyl (C=O) groups is 1. The summed E-state index contributed by atoms with van der Waals surface area (Å²) in [5, 5.41) is 3.39. The van der Waals surface area contributed by atoms with Crippen molar-refractivity contribution in [3.63, 3.8) is 0 Å². The number of fused-ring (bicyclic) bond motifs is 1. The summed E-state index contributed by atoms with van der Waals surface area (Å²) >= 11 is 7.72. The van der Waals surface area contributed by atoms with E-state index in [9.17, 15) is 4.79 Å². The third-order valence-corrected chi connectivity index (χ3v) is 4.80. The predicted octanol–water partition coefficient (Wildman–Crippen LogP) is 3.99. The number of hydrogen-bond donors (Lipinski definition) is 1. The molecule has 132 valence electrons. The maximum absolute atomic E-state index is 12.1. The molecule has 0 unspecified atom stereocenters. The summed E-state index contributed by atoms with van der Waals surface area (Å²) in [4.78, 5) is 12.1. The average Bonchev–Trinajstić information content (AvgIpc) is 2.62. The van der Waals surface area contributed by atoms with Crippen LogP contribution < -0.4 is 19.5 Å². The Morgan fingerprint density at radius 1 is 1.28 bits per heavy atom. The summed E-state index contributed by atoms with van der Waals surface area (Å²) < 4.78 is 16.2. The summed E-state index contributed by atoms with van der Waals surface area (Å²) in [6.07, 6.45) is 0. The average molecular weight is 380 g/mol. The maximum atomic E-state index is 12.1. The molecule has 0 saturated carbocycles. The Kier molecular flexibility index (Phi) is 5.94. The van der Waals surface area contributed by atoms with E-state index < -0.39 is 0 Å². The molecule has 25 heavy (non-hydrogen) atoms. The fourth-order valence-corrected chi connectivity index (χ4v) is 3.46. The molecule has 1 amide bonds. The van der Waals surface area contributed by atoms with Crippen molar-refractivity contribution in [2.75, 3.05) is 31.4 Å². The second kappa shape index (κ2) is 8.36. The fraction of sp³-hybridized carbons (Fsp3) is 0.278. The molecule has 0 fully saturated rings. The van der Waals surface area contributed by atoms with Crippen LogP contribution in [0.1, 0.15) is 5.56 Å². The Morgan fingerprint density at radius 3 is 2.96 bits per heavy atom. The zero-order chi connectivity index (χ0) is 17.6. The van der Waals surface area contributed by atoms with Crippen LogP contribution in [0, 0.1) is 0 Å². The first-order valence-electron chi connectivity index (χ1n) is 7.75. The van der Waals surface area contributed by atoms with E-state index in [0.717, 1.165) is 5.56 Å². The van der Waals surface area contributed by atoms with E-state index in [2.05, 4.69) is 5.32 Å². The van der Waals surface area contributed by atoms with Gasteiger partial charge in [0.2, 0.25) is 5.91 Å². The highest BCUT2D eigenvalue weighted by atomic mass is 35.5. The quantitative estimate of drug-likeness (QED) is 0.822. The van der Waals surface area contributed by atoms with Crippen LogP contribution in [0.2, 0.25) is 5.02 Å². The molecule has 2 aromatic carbocycles. The number of nitrogens with one attached hydrogen (secondary N) is 1. The van der Waals surface area contributed by atoms with Gasteiger partial charge in [-0.15, -0.1) is 11.8 Å². The molecule has 0 saturated heterocycles. The van der Waals surface area contributed by atoms with E-state index in [0.29, 0.717) is 52.7 Å². The lowest BCUT2D eigenvalue weighted by Gasteiger charge is -2.20. The molecule has 0 radical (unpaired) electrons. The fourth-order valence-electron chi connectivity index (χ4n) is 2.41. The van der Waals surface area contributed by atoms with Crippen molar-refractivity contribution in [1.82, 2.24) is 0 Å². The third kappa shape index (κ3) is 4.74. The number of halogens is 1. The number of thioether (sulfide) groups is 1. The summed E-state index contributed by atoms with van der Waals surface area (Å²) in [6, 6.07) is 11.0. The van der Waals surface area contributed by atoms with Gasteiger partial charge in [-0.05, 0) is 29.8 Å². The van der Waals surface area contributed by atoms with E-state index >= 15 is 0 Å². The molecule has 2 aromatic rings. The van der Waals surface area contributed by atoms with Crippen LogP contribution in [0.15, 0.2) is 36.4 Å². The molecule has 0 aliphatic carbocycles. The van der Waals surface area contributed by atoms with Crippen LogP contribution >= 0.6 is 23.4 Å². The molecule has 7 heteroatoms. The first kappa shape index (κ1) is 17.8. The summed E-state index contributed by atoms with van der Waals surface area (Å²) in [7, 11) is 1.59. The molecular formula is C18H18ClNO4S. The number of benzene rings is 2. The van der Waals surface area contributed by atoms with Crippen molar-refractivity contribution >= 4 is 35.0 Å². The first-order chi connectivity index (χ1) is 12.2. The lowest BCUT2D eigenvalue weighted by atomic mass is 10.2. The lowest BCUT2D eigenvalue weighted by molar-refractivity contribution is -0.113. The standard InChI is InChI=1S/C18H18ClNO4S/c1-22-14-4-2-3-13(9-14)20-17(21)11-25-10-12-7-15(19)18-16(8-12)23-5-6-24-18/h2-4,7-9H,5-6,10-11H2,1H3,(H,20,21). The molecule has 1 N–H and O–H groups in total. The molecule has 0 spiro atoms. The zero-order valence-corrected chi connectivity index (χ0v) is 15.3. The number of anilines is 1.